The average molecular weight is 258 g/mol. The minimum atomic E-state index is 0.706. The second-order valence-corrected chi connectivity index (χ2v) is 4.31. The van der Waals surface area contributed by atoms with Gasteiger partial charge < -0.3 is 4.98 Å². The zero-order valence-corrected chi connectivity index (χ0v) is 10.4. The van der Waals surface area contributed by atoms with Gasteiger partial charge in [0.25, 0.3) is 0 Å². The number of fused-ring (bicyclic) bond motifs is 1. The number of rotatable bonds is 3. The quantitative estimate of drug-likeness (QED) is 0.441. The van der Waals surface area contributed by atoms with Gasteiger partial charge in [0.2, 0.25) is 0 Å². The van der Waals surface area contributed by atoms with Gasteiger partial charge in [0, 0.05) is 6.20 Å². The summed E-state index contributed by atoms with van der Waals surface area (Å²) in [6.45, 7) is 0. The van der Waals surface area contributed by atoms with E-state index >= 15 is 0 Å². The number of imidazole rings is 1. The van der Waals surface area contributed by atoms with Gasteiger partial charge in [-0.25, -0.2) is 19.6 Å². The van der Waals surface area contributed by atoms with E-state index in [1.54, 1.807) is 29.0 Å². The largest absolute Gasteiger partial charge is 0.360 e. The molecule has 6 nitrogen and oxygen atoms in total. The minimum absolute atomic E-state index is 0.706. The SMILES string of the molecule is CSc1ncnc2c1ncn2/N=C/c1ccc[nH]1. The monoisotopic (exact) mass is 258 g/mol. The Labute approximate surface area is 107 Å². The fraction of sp³-hybridized carbons (Fsp3) is 0.0909. The zero-order valence-electron chi connectivity index (χ0n) is 9.61. The van der Waals surface area contributed by atoms with Crippen molar-refractivity contribution >= 4 is 29.1 Å². The van der Waals surface area contributed by atoms with Crippen molar-refractivity contribution in [2.45, 2.75) is 5.03 Å². The van der Waals surface area contributed by atoms with Crippen molar-refractivity contribution in [2.24, 2.45) is 5.10 Å². The van der Waals surface area contributed by atoms with Crippen LogP contribution in [0.2, 0.25) is 0 Å². The molecule has 0 aromatic carbocycles. The number of aromatic nitrogens is 5. The molecule has 0 fully saturated rings. The zero-order chi connectivity index (χ0) is 12.4. The van der Waals surface area contributed by atoms with Crippen LogP contribution in [0.3, 0.4) is 0 Å². The lowest BCUT2D eigenvalue weighted by Crippen LogP contribution is -1.92. The van der Waals surface area contributed by atoms with Gasteiger partial charge in [0.05, 0.1) is 11.9 Å². The normalized spacial score (nSPS) is 11.6. The lowest BCUT2D eigenvalue weighted by Gasteiger charge is -1.96. The van der Waals surface area contributed by atoms with Crippen molar-refractivity contribution in [3.8, 4) is 0 Å². The fourth-order valence-electron chi connectivity index (χ4n) is 1.58. The molecule has 0 aliphatic heterocycles. The molecule has 3 rings (SSSR count). The predicted molar refractivity (Wildman–Crippen MR) is 70.9 cm³/mol. The van der Waals surface area contributed by atoms with Gasteiger partial charge in [-0.2, -0.15) is 5.10 Å². The smallest absolute Gasteiger partial charge is 0.185 e. The minimum Gasteiger partial charge on any atom is -0.360 e. The van der Waals surface area contributed by atoms with Gasteiger partial charge in [-0.3, -0.25) is 0 Å². The first-order chi connectivity index (χ1) is 8.88. The molecule has 0 radical (unpaired) electrons. The van der Waals surface area contributed by atoms with E-state index in [-0.39, 0.29) is 0 Å². The number of nitrogens with zero attached hydrogens (tertiary/aromatic N) is 5. The van der Waals surface area contributed by atoms with E-state index in [0.717, 1.165) is 16.2 Å². The summed E-state index contributed by atoms with van der Waals surface area (Å²) >= 11 is 1.54. The summed E-state index contributed by atoms with van der Waals surface area (Å²) in [5.41, 5.74) is 2.40. The summed E-state index contributed by atoms with van der Waals surface area (Å²) in [5, 5.41) is 5.17. The lowest BCUT2D eigenvalue weighted by atomic mass is 10.5. The highest BCUT2D eigenvalue weighted by atomic mass is 32.2. The van der Waals surface area contributed by atoms with Crippen molar-refractivity contribution in [2.75, 3.05) is 6.26 Å². The van der Waals surface area contributed by atoms with Crippen LogP contribution in [-0.4, -0.2) is 37.1 Å². The highest BCUT2D eigenvalue weighted by Crippen LogP contribution is 2.20. The molecule has 0 spiro atoms. The van der Waals surface area contributed by atoms with E-state index in [9.17, 15) is 0 Å². The molecule has 3 heterocycles. The predicted octanol–water partition coefficient (Wildman–Crippen LogP) is 1.76. The fourth-order valence-corrected chi connectivity index (χ4v) is 2.07. The summed E-state index contributed by atoms with van der Waals surface area (Å²) in [4.78, 5) is 15.7. The molecular formula is C11H10N6S. The van der Waals surface area contributed by atoms with Crippen LogP contribution in [0.4, 0.5) is 0 Å². The molecule has 0 amide bonds. The molecule has 18 heavy (non-hydrogen) atoms. The third-order valence-corrected chi connectivity index (χ3v) is 3.10. The Morgan fingerprint density at radius 2 is 2.33 bits per heavy atom. The molecule has 0 bridgehead atoms. The van der Waals surface area contributed by atoms with Gasteiger partial charge in [0.1, 0.15) is 23.2 Å². The molecule has 0 atom stereocenters. The summed E-state index contributed by atoms with van der Waals surface area (Å²) in [7, 11) is 0. The maximum Gasteiger partial charge on any atom is 0.185 e. The van der Waals surface area contributed by atoms with Crippen LogP contribution in [0.5, 0.6) is 0 Å². The molecule has 0 aliphatic rings. The van der Waals surface area contributed by atoms with Crippen molar-refractivity contribution < 1.29 is 0 Å². The Bertz CT molecular complexity index is 685. The molecule has 0 unspecified atom stereocenters. The first-order valence-corrected chi connectivity index (χ1v) is 6.51. The van der Waals surface area contributed by atoms with E-state index in [4.69, 9.17) is 0 Å². The first kappa shape index (κ1) is 11.0. The first-order valence-electron chi connectivity index (χ1n) is 5.28. The van der Waals surface area contributed by atoms with Crippen molar-refractivity contribution in [3.63, 3.8) is 0 Å². The standard InChI is InChI=1S/C11H10N6S/c1-18-11-9-10(13-6-14-11)17(7-15-9)16-5-8-3-2-4-12-8/h2-7,12H,1H3/b16-5+. The van der Waals surface area contributed by atoms with Gasteiger partial charge in [-0.1, -0.05) is 0 Å². The van der Waals surface area contributed by atoms with E-state index in [1.165, 1.54) is 6.33 Å². The molecule has 0 saturated heterocycles. The molecule has 0 aliphatic carbocycles. The third-order valence-electron chi connectivity index (χ3n) is 2.42. The van der Waals surface area contributed by atoms with Crippen LogP contribution in [0, 0.1) is 0 Å². The lowest BCUT2D eigenvalue weighted by molar-refractivity contribution is 0.894. The Morgan fingerprint density at radius 1 is 1.39 bits per heavy atom. The summed E-state index contributed by atoms with van der Waals surface area (Å²) in [6, 6.07) is 3.85. The summed E-state index contributed by atoms with van der Waals surface area (Å²) < 4.78 is 1.64. The highest BCUT2D eigenvalue weighted by Gasteiger charge is 2.08. The molecule has 3 aromatic rings. The van der Waals surface area contributed by atoms with Crippen LogP contribution >= 0.6 is 11.8 Å². The molecule has 90 valence electrons. The molecule has 3 aromatic heterocycles. The maximum absolute atomic E-state index is 4.31. The van der Waals surface area contributed by atoms with Crippen LogP contribution < -0.4 is 0 Å². The molecular weight excluding hydrogens is 248 g/mol. The van der Waals surface area contributed by atoms with Crippen molar-refractivity contribution in [1.82, 2.24) is 24.6 Å². The molecule has 7 heteroatoms. The van der Waals surface area contributed by atoms with Crippen LogP contribution in [0.1, 0.15) is 5.69 Å². The van der Waals surface area contributed by atoms with Crippen molar-refractivity contribution in [1.29, 1.82) is 0 Å². The van der Waals surface area contributed by atoms with Gasteiger partial charge in [-0.05, 0) is 18.4 Å². The van der Waals surface area contributed by atoms with Crippen LogP contribution in [0.15, 0.2) is 41.1 Å². The van der Waals surface area contributed by atoms with Crippen LogP contribution in [0.25, 0.3) is 11.2 Å². The van der Waals surface area contributed by atoms with E-state index in [1.807, 2.05) is 24.6 Å². The number of thioether (sulfide) groups is 1. The second-order valence-electron chi connectivity index (χ2n) is 3.51. The van der Waals surface area contributed by atoms with Gasteiger partial charge in [0.15, 0.2) is 5.65 Å². The van der Waals surface area contributed by atoms with Crippen LogP contribution in [-0.2, 0) is 0 Å². The topological polar surface area (TPSA) is 71.8 Å². The number of aromatic amines is 1. The average Bonchev–Trinajstić information content (AvgIpc) is 3.05. The number of H-pyrrole nitrogens is 1. The number of nitrogens with one attached hydrogen (secondary N) is 1. The maximum atomic E-state index is 4.31. The summed E-state index contributed by atoms with van der Waals surface area (Å²) in [6.07, 6.45) is 8.70. The third kappa shape index (κ3) is 1.88. The van der Waals surface area contributed by atoms with Gasteiger partial charge in [-0.15, -0.1) is 11.8 Å². The Balaban J connectivity index is 2.03. The summed E-state index contributed by atoms with van der Waals surface area (Å²) in [5.74, 6) is 0. The van der Waals surface area contributed by atoms with E-state index in [2.05, 4.69) is 25.0 Å². The number of hydrogen-bond acceptors (Lipinski definition) is 5. The Kier molecular flexibility index (Phi) is 2.81. The van der Waals surface area contributed by atoms with E-state index in [0.29, 0.717) is 5.65 Å². The number of hydrogen-bond donors (Lipinski definition) is 1. The molecule has 0 saturated carbocycles. The molecule has 1 N–H and O–H groups in total. The van der Waals surface area contributed by atoms with E-state index < -0.39 is 0 Å². The Morgan fingerprint density at radius 3 is 3.11 bits per heavy atom. The highest BCUT2D eigenvalue weighted by molar-refractivity contribution is 7.98. The van der Waals surface area contributed by atoms with Crippen molar-refractivity contribution in [3.05, 3.63) is 36.7 Å². The Hall–Kier alpha value is -2.15. The van der Waals surface area contributed by atoms with Gasteiger partial charge >= 0.3 is 0 Å². The second kappa shape index (κ2) is 4.61.